The van der Waals surface area contributed by atoms with Gasteiger partial charge in [0.25, 0.3) is 5.91 Å². The fraction of sp³-hybridized carbons (Fsp3) is 0.533. The Morgan fingerprint density at radius 3 is 2.57 bits per heavy atom. The van der Waals surface area contributed by atoms with E-state index >= 15 is 0 Å². The van der Waals surface area contributed by atoms with Crippen LogP contribution in [0.2, 0.25) is 0 Å². The third-order valence-corrected chi connectivity index (χ3v) is 3.05. The van der Waals surface area contributed by atoms with E-state index in [9.17, 15) is 9.18 Å². The number of nitrogens with two attached hydrogens (primary N) is 1. The topological polar surface area (TPSA) is 55.6 Å². The Kier molecular flexibility index (Phi) is 7.68. The molecule has 0 radical (unpaired) electrons. The van der Waals surface area contributed by atoms with Gasteiger partial charge in [-0.05, 0) is 31.0 Å². The summed E-state index contributed by atoms with van der Waals surface area (Å²) in [6.07, 6.45) is 0. The lowest BCUT2D eigenvalue weighted by molar-refractivity contribution is 0.0735. The van der Waals surface area contributed by atoms with Gasteiger partial charge in [-0.15, -0.1) is 12.4 Å². The summed E-state index contributed by atoms with van der Waals surface area (Å²) in [7, 11) is 1.68. The fourth-order valence-corrected chi connectivity index (χ4v) is 1.95. The summed E-state index contributed by atoms with van der Waals surface area (Å²) in [6.45, 7) is 6.97. The number of carbonyl (C=O) groups excluding carboxylic acids is 1. The highest BCUT2D eigenvalue weighted by Crippen LogP contribution is 2.25. The summed E-state index contributed by atoms with van der Waals surface area (Å²) in [5.41, 5.74) is 5.72. The monoisotopic (exact) mass is 318 g/mol. The predicted octanol–water partition coefficient (Wildman–Crippen LogP) is 2.70. The second-order valence-electron chi connectivity index (χ2n) is 5.58. The van der Waals surface area contributed by atoms with Gasteiger partial charge in [0.15, 0.2) is 11.6 Å². The second kappa shape index (κ2) is 8.20. The van der Waals surface area contributed by atoms with E-state index in [1.165, 1.54) is 12.1 Å². The summed E-state index contributed by atoms with van der Waals surface area (Å²) >= 11 is 0. The van der Waals surface area contributed by atoms with Gasteiger partial charge in [-0.3, -0.25) is 4.79 Å². The number of hydrogen-bond donors (Lipinski definition) is 1. The molecule has 21 heavy (non-hydrogen) atoms. The van der Waals surface area contributed by atoms with Crippen LogP contribution in [0.25, 0.3) is 0 Å². The summed E-state index contributed by atoms with van der Waals surface area (Å²) in [4.78, 5) is 14.0. The Morgan fingerprint density at radius 2 is 2.05 bits per heavy atom. The normalized spacial score (nSPS) is 10.8. The van der Waals surface area contributed by atoms with E-state index in [2.05, 4.69) is 0 Å². The predicted molar refractivity (Wildman–Crippen MR) is 84.6 cm³/mol. The van der Waals surface area contributed by atoms with E-state index in [4.69, 9.17) is 10.5 Å². The number of nitrogens with zero attached hydrogens (tertiary/aromatic N) is 1. The van der Waals surface area contributed by atoms with Gasteiger partial charge in [-0.1, -0.05) is 19.9 Å². The number of para-hydroxylation sites is 1. The average molecular weight is 319 g/mol. The Bertz CT molecular complexity index is 481. The van der Waals surface area contributed by atoms with Crippen molar-refractivity contribution >= 4 is 18.3 Å². The van der Waals surface area contributed by atoms with Gasteiger partial charge in [0, 0.05) is 13.6 Å². The van der Waals surface area contributed by atoms with E-state index in [1.54, 1.807) is 24.9 Å². The maximum Gasteiger partial charge on any atom is 0.257 e. The molecule has 0 saturated carbocycles. The van der Waals surface area contributed by atoms with Gasteiger partial charge in [-0.25, -0.2) is 4.39 Å². The Balaban J connectivity index is 0.00000400. The molecule has 6 heteroatoms. The quantitative estimate of drug-likeness (QED) is 0.877. The van der Waals surface area contributed by atoms with Crippen molar-refractivity contribution < 1.29 is 13.9 Å². The number of benzene rings is 1. The maximum atomic E-state index is 13.7. The van der Waals surface area contributed by atoms with Gasteiger partial charge < -0.3 is 15.4 Å². The van der Waals surface area contributed by atoms with E-state index < -0.39 is 5.82 Å². The average Bonchev–Trinajstić information content (AvgIpc) is 2.40. The van der Waals surface area contributed by atoms with Crippen molar-refractivity contribution in [1.29, 1.82) is 0 Å². The van der Waals surface area contributed by atoms with Crippen LogP contribution in [-0.4, -0.2) is 37.6 Å². The molecule has 120 valence electrons. The summed E-state index contributed by atoms with van der Waals surface area (Å²) in [6, 6.07) is 4.36. The first-order chi connectivity index (χ1) is 9.32. The second-order valence-corrected chi connectivity index (χ2v) is 5.58. The van der Waals surface area contributed by atoms with Crippen LogP contribution in [0.4, 0.5) is 4.39 Å². The van der Waals surface area contributed by atoms with E-state index in [0.717, 1.165) is 0 Å². The highest BCUT2D eigenvalue weighted by Gasteiger charge is 2.24. The summed E-state index contributed by atoms with van der Waals surface area (Å²) in [5, 5.41) is 0. The zero-order chi connectivity index (χ0) is 15.3. The summed E-state index contributed by atoms with van der Waals surface area (Å²) in [5.74, 6) is -0.781. The van der Waals surface area contributed by atoms with Crippen molar-refractivity contribution in [3.8, 4) is 5.75 Å². The van der Waals surface area contributed by atoms with Crippen molar-refractivity contribution in [2.75, 3.05) is 26.7 Å². The molecule has 1 amide bonds. The van der Waals surface area contributed by atoms with Crippen molar-refractivity contribution in [3.63, 3.8) is 0 Å². The summed E-state index contributed by atoms with van der Waals surface area (Å²) < 4.78 is 19.0. The molecule has 0 aliphatic carbocycles. The lowest BCUT2D eigenvalue weighted by atomic mass is 9.93. The maximum absolute atomic E-state index is 13.7. The van der Waals surface area contributed by atoms with Crippen LogP contribution in [0.5, 0.6) is 5.75 Å². The van der Waals surface area contributed by atoms with Crippen LogP contribution in [0, 0.1) is 11.2 Å². The molecule has 1 aromatic carbocycles. The molecule has 0 heterocycles. The van der Waals surface area contributed by atoms with E-state index in [1.807, 2.05) is 13.8 Å². The van der Waals surface area contributed by atoms with Crippen LogP contribution in [0.15, 0.2) is 18.2 Å². The number of halogens is 2. The third-order valence-electron chi connectivity index (χ3n) is 3.05. The zero-order valence-corrected chi connectivity index (χ0v) is 13.8. The first-order valence-corrected chi connectivity index (χ1v) is 6.69. The number of ether oxygens (including phenoxy) is 1. The zero-order valence-electron chi connectivity index (χ0n) is 13.0. The lowest BCUT2D eigenvalue weighted by Crippen LogP contribution is -2.39. The highest BCUT2D eigenvalue weighted by atomic mass is 35.5. The minimum atomic E-state index is -0.524. The lowest BCUT2D eigenvalue weighted by Gasteiger charge is -2.29. The van der Waals surface area contributed by atoms with E-state index in [0.29, 0.717) is 19.7 Å². The van der Waals surface area contributed by atoms with Crippen molar-refractivity contribution in [2.45, 2.75) is 20.8 Å². The Hall–Kier alpha value is -1.33. The number of carbonyl (C=O) groups is 1. The molecule has 0 fully saturated rings. The van der Waals surface area contributed by atoms with Crippen molar-refractivity contribution in [2.24, 2.45) is 11.1 Å². The molecule has 0 atom stereocenters. The molecule has 4 nitrogen and oxygen atoms in total. The Labute approximate surface area is 131 Å². The standard InChI is InChI=1S/C15H23FN2O2.ClH/c1-5-20-13-11(7-6-8-12(13)16)14(19)18(4)10-15(2,3)9-17;/h6-8H,5,9-10,17H2,1-4H3;1H. The van der Waals surface area contributed by atoms with Crippen LogP contribution in [-0.2, 0) is 0 Å². The first kappa shape index (κ1) is 19.7. The van der Waals surface area contributed by atoms with Gasteiger partial charge in [0.1, 0.15) is 0 Å². The number of amides is 1. The molecule has 0 unspecified atom stereocenters. The minimum absolute atomic E-state index is 0. The fourth-order valence-electron chi connectivity index (χ4n) is 1.95. The molecular formula is C15H24ClFN2O2. The van der Waals surface area contributed by atoms with Crippen LogP contribution in [0.1, 0.15) is 31.1 Å². The van der Waals surface area contributed by atoms with Gasteiger partial charge in [0.2, 0.25) is 0 Å². The van der Waals surface area contributed by atoms with Crippen LogP contribution < -0.4 is 10.5 Å². The molecule has 0 spiro atoms. The number of rotatable bonds is 6. The van der Waals surface area contributed by atoms with Crippen molar-refractivity contribution in [1.82, 2.24) is 4.90 Å². The molecule has 0 bridgehead atoms. The third kappa shape index (κ3) is 5.17. The van der Waals surface area contributed by atoms with Crippen molar-refractivity contribution in [3.05, 3.63) is 29.6 Å². The molecule has 1 rings (SSSR count). The smallest absolute Gasteiger partial charge is 0.257 e. The minimum Gasteiger partial charge on any atom is -0.490 e. The molecular weight excluding hydrogens is 295 g/mol. The van der Waals surface area contributed by atoms with Crippen LogP contribution in [0.3, 0.4) is 0 Å². The largest absolute Gasteiger partial charge is 0.490 e. The molecule has 2 N–H and O–H groups in total. The molecule has 0 aliphatic heterocycles. The molecule has 0 saturated heterocycles. The number of hydrogen-bond acceptors (Lipinski definition) is 3. The first-order valence-electron chi connectivity index (χ1n) is 6.69. The molecule has 0 aliphatic rings. The Morgan fingerprint density at radius 1 is 1.43 bits per heavy atom. The SMILES string of the molecule is CCOc1c(F)cccc1C(=O)N(C)CC(C)(C)CN.Cl. The highest BCUT2D eigenvalue weighted by molar-refractivity contribution is 5.96. The van der Waals surface area contributed by atoms with Crippen LogP contribution >= 0.6 is 12.4 Å². The molecule has 0 aromatic heterocycles. The van der Waals surface area contributed by atoms with Gasteiger partial charge in [0.05, 0.1) is 12.2 Å². The van der Waals surface area contributed by atoms with E-state index in [-0.39, 0.29) is 35.0 Å². The van der Waals surface area contributed by atoms with Gasteiger partial charge in [-0.2, -0.15) is 0 Å². The van der Waals surface area contributed by atoms with Gasteiger partial charge >= 0.3 is 0 Å². The molecule has 1 aromatic rings.